The van der Waals surface area contributed by atoms with E-state index in [0.717, 1.165) is 29.7 Å². The first kappa shape index (κ1) is 14.1. The molecular formula is C17H18O3. The lowest BCUT2D eigenvalue weighted by molar-refractivity contribution is -0.128. The second-order valence-corrected chi connectivity index (χ2v) is 4.45. The molecule has 0 saturated heterocycles. The Labute approximate surface area is 119 Å². The zero-order chi connectivity index (χ0) is 14.0. The molecule has 0 saturated carbocycles. The molecule has 3 nitrogen and oxygen atoms in total. The minimum Gasteiger partial charge on any atom is -0.489 e. The quantitative estimate of drug-likeness (QED) is 0.545. The molecule has 0 atom stereocenters. The van der Waals surface area contributed by atoms with Gasteiger partial charge in [0.25, 0.3) is 6.47 Å². The van der Waals surface area contributed by atoms with Crippen molar-refractivity contribution in [1.82, 2.24) is 0 Å². The smallest absolute Gasteiger partial charge is 0.293 e. The van der Waals surface area contributed by atoms with E-state index in [-0.39, 0.29) is 0 Å². The molecule has 0 aliphatic rings. The van der Waals surface area contributed by atoms with Crippen LogP contribution in [0.4, 0.5) is 0 Å². The molecule has 2 rings (SSSR count). The first-order chi connectivity index (χ1) is 9.90. The normalized spacial score (nSPS) is 10.0. The summed E-state index contributed by atoms with van der Waals surface area (Å²) in [4.78, 5) is 10.1. The average molecular weight is 270 g/mol. The lowest BCUT2D eigenvalue weighted by Crippen LogP contribution is -2.00. The van der Waals surface area contributed by atoms with Gasteiger partial charge in [-0.3, -0.25) is 4.79 Å². The SMILES string of the molecule is O=COCCCc1ccccc1OCc1ccccc1. The van der Waals surface area contributed by atoms with Crippen LogP contribution in [-0.2, 0) is 22.6 Å². The highest BCUT2D eigenvalue weighted by Crippen LogP contribution is 2.20. The largest absolute Gasteiger partial charge is 0.489 e. The lowest BCUT2D eigenvalue weighted by Gasteiger charge is -2.11. The molecule has 0 N–H and O–H groups in total. The predicted molar refractivity (Wildman–Crippen MR) is 77.6 cm³/mol. The first-order valence-corrected chi connectivity index (χ1v) is 6.70. The van der Waals surface area contributed by atoms with Gasteiger partial charge >= 0.3 is 0 Å². The van der Waals surface area contributed by atoms with E-state index in [2.05, 4.69) is 0 Å². The van der Waals surface area contributed by atoms with Gasteiger partial charge in [-0.2, -0.15) is 0 Å². The van der Waals surface area contributed by atoms with Gasteiger partial charge in [-0.05, 0) is 30.0 Å². The third-order valence-corrected chi connectivity index (χ3v) is 2.99. The second kappa shape index (κ2) is 8.00. The third kappa shape index (κ3) is 4.43. The van der Waals surface area contributed by atoms with Gasteiger partial charge in [-0.25, -0.2) is 0 Å². The highest BCUT2D eigenvalue weighted by Gasteiger charge is 2.03. The zero-order valence-electron chi connectivity index (χ0n) is 11.3. The molecule has 3 heteroatoms. The van der Waals surface area contributed by atoms with E-state index in [4.69, 9.17) is 9.47 Å². The van der Waals surface area contributed by atoms with Crippen molar-refractivity contribution < 1.29 is 14.3 Å². The third-order valence-electron chi connectivity index (χ3n) is 2.99. The van der Waals surface area contributed by atoms with Gasteiger partial charge in [0.15, 0.2) is 0 Å². The standard InChI is InChI=1S/C17H18O3/c18-14-19-12-6-10-16-9-4-5-11-17(16)20-13-15-7-2-1-3-8-15/h1-5,7-9,11,14H,6,10,12-13H2. The van der Waals surface area contributed by atoms with Gasteiger partial charge in [0.05, 0.1) is 6.61 Å². The van der Waals surface area contributed by atoms with E-state index < -0.39 is 0 Å². The maximum Gasteiger partial charge on any atom is 0.293 e. The molecule has 0 bridgehead atoms. The highest BCUT2D eigenvalue weighted by molar-refractivity contribution is 5.37. The number of carbonyl (C=O) groups is 1. The molecule has 0 radical (unpaired) electrons. The number of hydrogen-bond acceptors (Lipinski definition) is 3. The molecule has 0 amide bonds. The van der Waals surface area contributed by atoms with Crippen LogP contribution in [0.2, 0.25) is 0 Å². The Morgan fingerprint density at radius 3 is 2.50 bits per heavy atom. The molecule has 0 aliphatic carbocycles. The number of rotatable bonds is 8. The Morgan fingerprint density at radius 2 is 1.70 bits per heavy atom. The van der Waals surface area contributed by atoms with Crippen LogP contribution in [0.1, 0.15) is 17.5 Å². The molecule has 0 fully saturated rings. The molecule has 0 aromatic heterocycles. The van der Waals surface area contributed by atoms with Crippen molar-refractivity contribution in [3.8, 4) is 5.75 Å². The fourth-order valence-electron chi connectivity index (χ4n) is 1.98. The summed E-state index contributed by atoms with van der Waals surface area (Å²) < 4.78 is 10.6. The molecule has 0 heterocycles. The van der Waals surface area contributed by atoms with E-state index in [1.54, 1.807) is 0 Å². The van der Waals surface area contributed by atoms with Crippen molar-refractivity contribution in [2.45, 2.75) is 19.4 Å². The Hall–Kier alpha value is -2.29. The van der Waals surface area contributed by atoms with Gasteiger partial charge in [0.1, 0.15) is 12.4 Å². The van der Waals surface area contributed by atoms with Crippen molar-refractivity contribution in [2.75, 3.05) is 6.61 Å². The number of hydrogen-bond donors (Lipinski definition) is 0. The number of ether oxygens (including phenoxy) is 2. The molecule has 2 aromatic carbocycles. The number of benzene rings is 2. The zero-order valence-corrected chi connectivity index (χ0v) is 11.3. The maximum absolute atomic E-state index is 10.1. The van der Waals surface area contributed by atoms with E-state index >= 15 is 0 Å². The van der Waals surface area contributed by atoms with Gasteiger partial charge in [-0.1, -0.05) is 48.5 Å². The van der Waals surface area contributed by atoms with Crippen LogP contribution in [0.3, 0.4) is 0 Å². The van der Waals surface area contributed by atoms with Crippen molar-refractivity contribution in [1.29, 1.82) is 0 Å². The maximum atomic E-state index is 10.1. The molecule has 0 unspecified atom stereocenters. The summed E-state index contributed by atoms with van der Waals surface area (Å²) >= 11 is 0. The van der Waals surface area contributed by atoms with Crippen LogP contribution in [0, 0.1) is 0 Å². The number of carbonyl (C=O) groups excluding carboxylic acids is 1. The van der Waals surface area contributed by atoms with E-state index in [1.807, 2.05) is 54.6 Å². The minimum atomic E-state index is 0.441. The van der Waals surface area contributed by atoms with E-state index in [1.165, 1.54) is 0 Å². The Bertz CT molecular complexity index is 523. The van der Waals surface area contributed by atoms with E-state index in [0.29, 0.717) is 19.7 Å². The average Bonchev–Trinajstić information content (AvgIpc) is 2.51. The Balaban J connectivity index is 1.91. The van der Waals surface area contributed by atoms with Gasteiger partial charge < -0.3 is 9.47 Å². The topological polar surface area (TPSA) is 35.5 Å². The molecule has 0 aliphatic heterocycles. The lowest BCUT2D eigenvalue weighted by atomic mass is 10.1. The molecule has 20 heavy (non-hydrogen) atoms. The van der Waals surface area contributed by atoms with Crippen molar-refractivity contribution in [2.24, 2.45) is 0 Å². The summed E-state index contributed by atoms with van der Waals surface area (Å²) in [6.45, 7) is 1.48. The summed E-state index contributed by atoms with van der Waals surface area (Å²) in [5.41, 5.74) is 2.28. The van der Waals surface area contributed by atoms with E-state index in [9.17, 15) is 4.79 Å². The van der Waals surface area contributed by atoms with Crippen LogP contribution < -0.4 is 4.74 Å². The Morgan fingerprint density at radius 1 is 0.950 bits per heavy atom. The number of aryl methyl sites for hydroxylation is 1. The summed E-state index contributed by atoms with van der Waals surface area (Å²) in [6.07, 6.45) is 1.63. The summed E-state index contributed by atoms with van der Waals surface area (Å²) in [5.74, 6) is 0.891. The molecule has 0 spiro atoms. The van der Waals surface area contributed by atoms with Crippen LogP contribution in [-0.4, -0.2) is 13.1 Å². The molecular weight excluding hydrogens is 252 g/mol. The van der Waals surface area contributed by atoms with Crippen molar-refractivity contribution in [3.05, 3.63) is 65.7 Å². The summed E-state index contributed by atoms with van der Waals surface area (Å²) in [7, 11) is 0. The fraction of sp³-hybridized carbons (Fsp3) is 0.235. The van der Waals surface area contributed by atoms with Crippen LogP contribution in [0.5, 0.6) is 5.75 Å². The van der Waals surface area contributed by atoms with Crippen LogP contribution >= 0.6 is 0 Å². The van der Waals surface area contributed by atoms with Crippen molar-refractivity contribution >= 4 is 6.47 Å². The molecule has 2 aromatic rings. The highest BCUT2D eigenvalue weighted by atomic mass is 16.5. The van der Waals surface area contributed by atoms with Gasteiger partial charge in [-0.15, -0.1) is 0 Å². The molecule has 104 valence electrons. The summed E-state index contributed by atoms with van der Waals surface area (Å²) in [6, 6.07) is 18.0. The minimum absolute atomic E-state index is 0.441. The monoisotopic (exact) mass is 270 g/mol. The fourth-order valence-corrected chi connectivity index (χ4v) is 1.98. The van der Waals surface area contributed by atoms with Crippen LogP contribution in [0.15, 0.2) is 54.6 Å². The van der Waals surface area contributed by atoms with Gasteiger partial charge in [0, 0.05) is 0 Å². The summed E-state index contributed by atoms with van der Waals surface area (Å²) in [5, 5.41) is 0. The van der Waals surface area contributed by atoms with Crippen LogP contribution in [0.25, 0.3) is 0 Å². The first-order valence-electron chi connectivity index (χ1n) is 6.70. The van der Waals surface area contributed by atoms with Crippen molar-refractivity contribution in [3.63, 3.8) is 0 Å². The second-order valence-electron chi connectivity index (χ2n) is 4.45. The Kier molecular flexibility index (Phi) is 5.65. The number of para-hydroxylation sites is 1. The van der Waals surface area contributed by atoms with Gasteiger partial charge in [0.2, 0.25) is 0 Å². The predicted octanol–water partition coefficient (Wildman–Crippen LogP) is 3.37.